The van der Waals surface area contributed by atoms with Crippen molar-refractivity contribution < 1.29 is 9.13 Å². The van der Waals surface area contributed by atoms with Gasteiger partial charge in [0.1, 0.15) is 11.6 Å². The minimum atomic E-state index is -0.302. The van der Waals surface area contributed by atoms with Crippen molar-refractivity contribution in [1.29, 1.82) is 0 Å². The van der Waals surface area contributed by atoms with Crippen LogP contribution in [0, 0.1) is 5.82 Å². The molecule has 1 unspecified atom stereocenters. The molecule has 2 rings (SSSR count). The second-order valence-corrected chi connectivity index (χ2v) is 5.44. The zero-order chi connectivity index (χ0) is 13.1. The molecule has 0 saturated heterocycles. The van der Waals surface area contributed by atoms with E-state index in [0.717, 1.165) is 9.90 Å². The van der Waals surface area contributed by atoms with Crippen molar-refractivity contribution in [3.05, 3.63) is 45.4 Å². The third kappa shape index (κ3) is 2.94. The summed E-state index contributed by atoms with van der Waals surface area (Å²) >= 11 is 7.35. The van der Waals surface area contributed by atoms with Crippen LogP contribution >= 0.6 is 22.9 Å². The van der Waals surface area contributed by atoms with Crippen LogP contribution in [0.15, 0.2) is 29.6 Å². The van der Waals surface area contributed by atoms with Crippen molar-refractivity contribution in [2.75, 3.05) is 12.4 Å². The summed E-state index contributed by atoms with van der Waals surface area (Å²) in [7, 11) is 1.55. The molecule has 0 fully saturated rings. The highest BCUT2D eigenvalue weighted by atomic mass is 35.5. The fourth-order valence-corrected chi connectivity index (χ4v) is 2.59. The molecule has 5 heteroatoms. The molecule has 0 aliphatic rings. The van der Waals surface area contributed by atoms with E-state index in [1.807, 2.05) is 18.4 Å². The van der Waals surface area contributed by atoms with Gasteiger partial charge in [-0.2, -0.15) is 0 Å². The molecule has 1 heterocycles. The second kappa shape index (κ2) is 5.59. The van der Waals surface area contributed by atoms with Gasteiger partial charge in [0.2, 0.25) is 0 Å². The van der Waals surface area contributed by atoms with Crippen LogP contribution < -0.4 is 10.1 Å². The summed E-state index contributed by atoms with van der Waals surface area (Å²) < 4.78 is 19.4. The molecule has 1 N–H and O–H groups in total. The van der Waals surface area contributed by atoms with Crippen LogP contribution in [0.3, 0.4) is 0 Å². The first-order valence-electron chi connectivity index (χ1n) is 5.44. The maximum Gasteiger partial charge on any atom is 0.146 e. The average Bonchev–Trinajstić information content (AvgIpc) is 2.79. The second-order valence-electron chi connectivity index (χ2n) is 3.90. The lowest BCUT2D eigenvalue weighted by Gasteiger charge is -2.15. The largest absolute Gasteiger partial charge is 0.497 e. The lowest BCUT2D eigenvalue weighted by Crippen LogP contribution is -2.07. The number of methoxy groups -OCH3 is 1. The summed E-state index contributed by atoms with van der Waals surface area (Å²) in [5, 5.41) is 5.06. The van der Waals surface area contributed by atoms with Gasteiger partial charge in [0, 0.05) is 12.1 Å². The first kappa shape index (κ1) is 13.2. The van der Waals surface area contributed by atoms with Crippen LogP contribution in [0.1, 0.15) is 18.5 Å². The fourth-order valence-electron chi connectivity index (χ4n) is 1.61. The van der Waals surface area contributed by atoms with E-state index in [-0.39, 0.29) is 11.9 Å². The van der Waals surface area contributed by atoms with E-state index in [1.165, 1.54) is 17.4 Å². The van der Waals surface area contributed by atoms with E-state index >= 15 is 0 Å². The Morgan fingerprint density at radius 1 is 1.39 bits per heavy atom. The number of rotatable bonds is 4. The van der Waals surface area contributed by atoms with E-state index in [0.29, 0.717) is 11.4 Å². The number of nitrogens with one attached hydrogen (secondary N) is 1. The highest BCUT2D eigenvalue weighted by Crippen LogP contribution is 2.29. The number of halogens is 2. The molecule has 1 aromatic heterocycles. The summed E-state index contributed by atoms with van der Waals surface area (Å²) in [6, 6.07) is 6.47. The van der Waals surface area contributed by atoms with Gasteiger partial charge < -0.3 is 10.1 Å². The lowest BCUT2D eigenvalue weighted by atomic mass is 10.1. The number of hydrogen-bond donors (Lipinski definition) is 1. The maximum absolute atomic E-state index is 13.6. The summed E-state index contributed by atoms with van der Waals surface area (Å²) in [6.45, 7) is 1.96. The Kier molecular flexibility index (Phi) is 4.09. The van der Waals surface area contributed by atoms with Crippen molar-refractivity contribution in [2.45, 2.75) is 13.0 Å². The molecule has 0 saturated carbocycles. The van der Waals surface area contributed by atoms with Gasteiger partial charge in [-0.25, -0.2) is 4.39 Å². The van der Waals surface area contributed by atoms with Gasteiger partial charge in [0.25, 0.3) is 0 Å². The highest BCUT2D eigenvalue weighted by Gasteiger charge is 2.11. The molecule has 18 heavy (non-hydrogen) atoms. The first-order chi connectivity index (χ1) is 8.60. The Hall–Kier alpha value is -1.26. The van der Waals surface area contributed by atoms with E-state index in [2.05, 4.69) is 5.32 Å². The molecule has 0 radical (unpaired) electrons. The van der Waals surface area contributed by atoms with Gasteiger partial charge in [-0.1, -0.05) is 11.6 Å². The highest BCUT2D eigenvalue weighted by molar-refractivity contribution is 7.14. The van der Waals surface area contributed by atoms with Crippen molar-refractivity contribution in [2.24, 2.45) is 0 Å². The molecule has 0 aliphatic heterocycles. The Balaban J connectivity index is 2.18. The Labute approximate surface area is 114 Å². The predicted molar refractivity (Wildman–Crippen MR) is 74.3 cm³/mol. The minimum absolute atomic E-state index is 0.0182. The van der Waals surface area contributed by atoms with Gasteiger partial charge >= 0.3 is 0 Å². The van der Waals surface area contributed by atoms with Crippen molar-refractivity contribution in [3.8, 4) is 5.75 Å². The topological polar surface area (TPSA) is 21.3 Å². The third-order valence-electron chi connectivity index (χ3n) is 2.63. The first-order valence-corrected chi connectivity index (χ1v) is 6.70. The molecule has 0 aliphatic carbocycles. The maximum atomic E-state index is 13.6. The summed E-state index contributed by atoms with van der Waals surface area (Å²) in [4.78, 5) is 0. The number of thiophene rings is 1. The van der Waals surface area contributed by atoms with Gasteiger partial charge in [-0.05, 0) is 36.1 Å². The Bertz CT molecular complexity index is 544. The van der Waals surface area contributed by atoms with E-state index in [4.69, 9.17) is 16.3 Å². The zero-order valence-corrected chi connectivity index (χ0v) is 11.6. The van der Waals surface area contributed by atoms with Gasteiger partial charge in [-0.3, -0.25) is 0 Å². The average molecular weight is 286 g/mol. The number of hydrogen-bond acceptors (Lipinski definition) is 3. The monoisotopic (exact) mass is 285 g/mol. The summed E-state index contributed by atoms with van der Waals surface area (Å²) in [5.74, 6) is 0.318. The van der Waals surface area contributed by atoms with Crippen LogP contribution in [-0.2, 0) is 0 Å². The summed E-state index contributed by atoms with van der Waals surface area (Å²) in [6.07, 6.45) is 0. The van der Waals surface area contributed by atoms with Crippen LogP contribution in [0.25, 0.3) is 0 Å². The molecule has 0 spiro atoms. The van der Waals surface area contributed by atoms with Gasteiger partial charge in [0.05, 0.1) is 17.1 Å². The predicted octanol–water partition coefficient (Wildman–Crippen LogP) is 4.72. The molecule has 2 nitrogen and oxygen atoms in total. The zero-order valence-electron chi connectivity index (χ0n) is 10.0. The minimum Gasteiger partial charge on any atom is -0.497 e. The van der Waals surface area contributed by atoms with Crippen LogP contribution in [0.4, 0.5) is 10.1 Å². The van der Waals surface area contributed by atoms with Crippen molar-refractivity contribution >= 4 is 28.6 Å². The number of anilines is 1. The Morgan fingerprint density at radius 2 is 2.17 bits per heavy atom. The molecule has 1 aromatic carbocycles. The van der Waals surface area contributed by atoms with E-state index in [9.17, 15) is 4.39 Å². The molecule has 2 aromatic rings. The SMILES string of the molecule is COc1ccc(F)c(NC(C)c2csc(Cl)c2)c1. The normalized spacial score (nSPS) is 12.2. The van der Waals surface area contributed by atoms with Gasteiger partial charge in [0.15, 0.2) is 0 Å². The number of ether oxygens (including phenoxy) is 1. The summed E-state index contributed by atoms with van der Waals surface area (Å²) in [5.41, 5.74) is 1.45. The fraction of sp³-hybridized carbons (Fsp3) is 0.231. The molecule has 1 atom stereocenters. The quantitative estimate of drug-likeness (QED) is 0.877. The van der Waals surface area contributed by atoms with Gasteiger partial charge in [-0.15, -0.1) is 11.3 Å². The molecular weight excluding hydrogens is 273 g/mol. The molecule has 0 bridgehead atoms. The molecule has 96 valence electrons. The van der Waals surface area contributed by atoms with Crippen LogP contribution in [-0.4, -0.2) is 7.11 Å². The molecular formula is C13H13ClFNOS. The lowest BCUT2D eigenvalue weighted by molar-refractivity contribution is 0.414. The number of benzene rings is 1. The smallest absolute Gasteiger partial charge is 0.146 e. The third-order valence-corrected chi connectivity index (χ3v) is 3.74. The molecule has 0 amide bonds. The van der Waals surface area contributed by atoms with Crippen LogP contribution in [0.2, 0.25) is 4.34 Å². The van der Waals surface area contributed by atoms with E-state index in [1.54, 1.807) is 19.2 Å². The van der Waals surface area contributed by atoms with Crippen LogP contribution in [0.5, 0.6) is 5.75 Å². The van der Waals surface area contributed by atoms with Crippen molar-refractivity contribution in [3.63, 3.8) is 0 Å². The standard InChI is InChI=1S/C13H13ClFNOS/c1-8(9-5-13(14)18-7-9)16-12-6-10(17-2)3-4-11(12)15/h3-8,16H,1-2H3. The van der Waals surface area contributed by atoms with Crippen molar-refractivity contribution in [1.82, 2.24) is 0 Å². The van der Waals surface area contributed by atoms with E-state index < -0.39 is 0 Å². The Morgan fingerprint density at radius 3 is 2.78 bits per heavy atom.